The molecule has 0 heterocycles. The highest BCUT2D eigenvalue weighted by molar-refractivity contribution is 7.79. The van der Waals surface area contributed by atoms with Gasteiger partial charge in [0, 0.05) is 19.4 Å². The molecule has 0 aliphatic heterocycles. The Bertz CT molecular complexity index is 521. The van der Waals surface area contributed by atoms with Crippen LogP contribution in [0.5, 0.6) is 0 Å². The molecule has 1 aromatic rings. The normalized spacial score (nSPS) is 14.0. The average molecular weight is 338 g/mol. The highest BCUT2D eigenvalue weighted by Gasteiger charge is 2.64. The molecule has 0 aromatic heterocycles. The Hall–Kier alpha value is -0.950. The van der Waals surface area contributed by atoms with Crippen LogP contribution in [0.15, 0.2) is 24.3 Å². The van der Waals surface area contributed by atoms with E-state index < -0.39 is 7.26 Å². The fourth-order valence-corrected chi connectivity index (χ4v) is 12.9. The number of hydrogen-bond acceptors (Lipinski definition) is 2. The molecule has 0 N–H and O–H groups in total. The summed E-state index contributed by atoms with van der Waals surface area (Å²) in [6, 6.07) is 7.15. The molecule has 3 nitrogen and oxygen atoms in total. The summed E-state index contributed by atoms with van der Waals surface area (Å²) < 4.78 is 0. The molecule has 0 saturated carbocycles. The van der Waals surface area contributed by atoms with Crippen molar-refractivity contribution in [2.24, 2.45) is 0 Å². The summed E-state index contributed by atoms with van der Waals surface area (Å²) in [5.41, 5.74) is 1.38. The summed E-state index contributed by atoms with van der Waals surface area (Å²) >= 11 is 0. The summed E-state index contributed by atoms with van der Waals surface area (Å²) in [6.07, 6.45) is 1.02. The maximum absolute atomic E-state index is 10.9. The lowest BCUT2D eigenvalue weighted by Gasteiger charge is -2.54. The van der Waals surface area contributed by atoms with Crippen molar-refractivity contribution in [1.82, 2.24) is 0 Å². The zero-order valence-electron chi connectivity index (χ0n) is 16.2. The Balaban J connectivity index is 3.45. The number of nitro benzene ring substituents is 1. The fourth-order valence-electron chi connectivity index (χ4n) is 4.73. The van der Waals surface area contributed by atoms with E-state index in [2.05, 4.69) is 62.3 Å². The fraction of sp³-hybridized carbons (Fsp3) is 0.684. The van der Waals surface area contributed by atoms with Gasteiger partial charge in [0.2, 0.25) is 0 Å². The molecule has 0 saturated heterocycles. The van der Waals surface area contributed by atoms with Gasteiger partial charge >= 0.3 is 0 Å². The van der Waals surface area contributed by atoms with E-state index in [0.717, 1.165) is 6.16 Å². The van der Waals surface area contributed by atoms with Crippen LogP contribution < -0.4 is 0 Å². The maximum Gasteiger partial charge on any atom is 0.269 e. The summed E-state index contributed by atoms with van der Waals surface area (Å²) in [5.74, 6) is 0. The van der Waals surface area contributed by atoms with E-state index in [1.54, 1.807) is 12.1 Å². The lowest BCUT2D eigenvalue weighted by molar-refractivity contribution is -0.384. The van der Waals surface area contributed by atoms with Crippen LogP contribution in [0.4, 0.5) is 5.69 Å². The minimum Gasteiger partial charge on any atom is -0.258 e. The van der Waals surface area contributed by atoms with Crippen molar-refractivity contribution in [2.75, 3.05) is 0 Å². The van der Waals surface area contributed by atoms with Gasteiger partial charge in [-0.2, -0.15) is 0 Å². The van der Waals surface area contributed by atoms with E-state index in [-0.39, 0.29) is 26.1 Å². The molecule has 4 heteroatoms. The van der Waals surface area contributed by atoms with Crippen LogP contribution in [-0.2, 0) is 6.16 Å². The molecule has 130 valence electrons. The van der Waals surface area contributed by atoms with Crippen LogP contribution in [0, 0.1) is 10.1 Å². The zero-order chi connectivity index (χ0) is 18.3. The van der Waals surface area contributed by atoms with E-state index >= 15 is 0 Å². The third-order valence-corrected chi connectivity index (χ3v) is 12.7. The Morgan fingerprint density at radius 2 is 1.17 bits per heavy atom. The second-order valence-electron chi connectivity index (χ2n) is 9.40. The lowest BCUT2D eigenvalue weighted by atomic mass is 10.2. The van der Waals surface area contributed by atoms with Gasteiger partial charge in [-0.25, -0.2) is 0 Å². The van der Waals surface area contributed by atoms with Crippen LogP contribution in [0.3, 0.4) is 0 Å². The largest absolute Gasteiger partial charge is 0.269 e. The molecule has 0 unspecified atom stereocenters. The molecular weight excluding hydrogens is 305 g/mol. The first kappa shape index (κ1) is 20.1. The van der Waals surface area contributed by atoms with Gasteiger partial charge in [0.25, 0.3) is 5.69 Å². The molecular formula is C19H33NO2P+. The summed E-state index contributed by atoms with van der Waals surface area (Å²) in [6.45, 7) is 21.3. The Kier molecular flexibility index (Phi) is 5.39. The topological polar surface area (TPSA) is 43.1 Å². The van der Waals surface area contributed by atoms with Crippen molar-refractivity contribution >= 4 is 12.9 Å². The van der Waals surface area contributed by atoms with E-state index in [1.165, 1.54) is 5.56 Å². The molecule has 0 aliphatic carbocycles. The van der Waals surface area contributed by atoms with Crippen molar-refractivity contribution in [1.29, 1.82) is 0 Å². The van der Waals surface area contributed by atoms with Crippen molar-refractivity contribution in [3.8, 4) is 0 Å². The van der Waals surface area contributed by atoms with Crippen molar-refractivity contribution in [3.63, 3.8) is 0 Å². The van der Waals surface area contributed by atoms with Gasteiger partial charge < -0.3 is 0 Å². The molecule has 23 heavy (non-hydrogen) atoms. The van der Waals surface area contributed by atoms with Gasteiger partial charge in [0.05, 0.1) is 26.6 Å². The molecule has 0 radical (unpaired) electrons. The quantitative estimate of drug-likeness (QED) is 0.358. The van der Waals surface area contributed by atoms with E-state index in [4.69, 9.17) is 0 Å². The van der Waals surface area contributed by atoms with Crippen LogP contribution in [0.2, 0.25) is 0 Å². The second-order valence-corrected chi connectivity index (χ2v) is 15.4. The van der Waals surface area contributed by atoms with Gasteiger partial charge in [-0.05, 0) is 80.0 Å². The highest BCUT2D eigenvalue weighted by atomic mass is 31.2. The molecule has 1 aromatic carbocycles. The molecule has 0 aliphatic rings. The van der Waals surface area contributed by atoms with Crippen LogP contribution in [0.25, 0.3) is 0 Å². The maximum atomic E-state index is 10.9. The first-order valence-corrected chi connectivity index (χ1v) is 10.2. The first-order chi connectivity index (χ1) is 10.1. The second kappa shape index (κ2) is 6.16. The summed E-state index contributed by atoms with van der Waals surface area (Å²) in [5, 5.41) is 11.5. The van der Waals surface area contributed by atoms with Gasteiger partial charge in [0.15, 0.2) is 0 Å². The lowest BCUT2D eigenvalue weighted by Crippen LogP contribution is -2.44. The van der Waals surface area contributed by atoms with Gasteiger partial charge in [-0.15, -0.1) is 0 Å². The van der Waals surface area contributed by atoms with Crippen LogP contribution in [-0.4, -0.2) is 20.4 Å². The smallest absolute Gasteiger partial charge is 0.258 e. The third-order valence-electron chi connectivity index (χ3n) is 5.00. The van der Waals surface area contributed by atoms with Crippen LogP contribution >= 0.6 is 7.26 Å². The van der Waals surface area contributed by atoms with Gasteiger partial charge in [-0.3, -0.25) is 10.1 Å². The van der Waals surface area contributed by atoms with Crippen LogP contribution in [0.1, 0.15) is 67.9 Å². The molecule has 0 bridgehead atoms. The monoisotopic (exact) mass is 338 g/mol. The zero-order valence-corrected chi connectivity index (χ0v) is 17.1. The van der Waals surface area contributed by atoms with Crippen molar-refractivity contribution in [3.05, 3.63) is 39.9 Å². The predicted molar refractivity (Wildman–Crippen MR) is 103 cm³/mol. The summed E-state index contributed by atoms with van der Waals surface area (Å²) in [4.78, 5) is 10.6. The molecule has 1 rings (SSSR count). The SMILES string of the molecule is CC(C)(C)[P+](Cc1ccc([N+](=O)[O-])cc1)(C(C)(C)C)C(C)(C)C. The molecule has 0 amide bonds. The van der Waals surface area contributed by atoms with Gasteiger partial charge in [-0.1, -0.05) is 0 Å². The van der Waals surface area contributed by atoms with E-state index in [9.17, 15) is 10.1 Å². The Labute approximate surface area is 142 Å². The van der Waals surface area contributed by atoms with Gasteiger partial charge in [0.1, 0.15) is 0 Å². The number of nitro groups is 1. The molecule has 0 fully saturated rings. The third kappa shape index (κ3) is 3.76. The first-order valence-electron chi connectivity index (χ1n) is 8.25. The van der Waals surface area contributed by atoms with E-state index in [0.29, 0.717) is 0 Å². The minimum absolute atomic E-state index is 0.167. The average Bonchev–Trinajstić information content (AvgIpc) is 2.31. The Morgan fingerprint density at radius 3 is 1.43 bits per heavy atom. The number of nitrogens with zero attached hydrogens (tertiary/aromatic N) is 1. The minimum atomic E-state index is -1.48. The molecule has 0 atom stereocenters. The number of hydrogen-bond donors (Lipinski definition) is 0. The number of benzene rings is 1. The predicted octanol–water partition coefficient (Wildman–Crippen LogP) is 6.51. The van der Waals surface area contributed by atoms with E-state index in [1.807, 2.05) is 12.1 Å². The standard InChI is InChI=1S/C19H33NO2P/c1-17(2,3)23(18(4,5)6,19(7,8)9)14-15-10-12-16(13-11-15)20(21)22/h10-13H,14H2,1-9H3/q+1. The van der Waals surface area contributed by atoms with Crippen molar-refractivity contribution in [2.45, 2.75) is 83.9 Å². The summed E-state index contributed by atoms with van der Waals surface area (Å²) in [7, 11) is -1.48. The number of non-ortho nitro benzene ring substituents is 1. The number of rotatable bonds is 3. The Morgan fingerprint density at radius 1 is 0.826 bits per heavy atom. The highest BCUT2D eigenvalue weighted by Crippen LogP contribution is 2.84. The van der Waals surface area contributed by atoms with Crippen molar-refractivity contribution < 1.29 is 4.92 Å². The molecule has 0 spiro atoms.